The van der Waals surface area contributed by atoms with Gasteiger partial charge in [-0.1, -0.05) is 46.0 Å². The maximum absolute atomic E-state index is 9.41. The van der Waals surface area contributed by atoms with Crippen LogP contribution in [0, 0.1) is 5.92 Å². The molecule has 2 nitrogen and oxygen atoms in total. The quantitative estimate of drug-likeness (QED) is 0.623. The summed E-state index contributed by atoms with van der Waals surface area (Å²) >= 11 is 0. The van der Waals surface area contributed by atoms with E-state index in [1.807, 2.05) is 0 Å². The predicted molar refractivity (Wildman–Crippen MR) is 76.8 cm³/mol. The maximum Gasteiger partial charge on any atom is 0.0577 e. The minimum absolute atomic E-state index is 0.0644. The van der Waals surface area contributed by atoms with Gasteiger partial charge in [-0.25, -0.2) is 0 Å². The van der Waals surface area contributed by atoms with Crippen molar-refractivity contribution < 1.29 is 9.84 Å². The van der Waals surface area contributed by atoms with Crippen molar-refractivity contribution in [3.63, 3.8) is 0 Å². The highest BCUT2D eigenvalue weighted by Crippen LogP contribution is 2.21. The number of unbranched alkanes of at least 4 members (excludes halogenated alkanes) is 3. The Morgan fingerprint density at radius 2 is 1.72 bits per heavy atom. The Morgan fingerprint density at radius 1 is 1.06 bits per heavy atom. The average molecular weight is 256 g/mol. The number of ether oxygens (including phenoxy) is 1. The highest BCUT2D eigenvalue weighted by Gasteiger charge is 2.19. The van der Waals surface area contributed by atoms with Gasteiger partial charge in [0.25, 0.3) is 0 Å². The number of hydrogen-bond acceptors (Lipinski definition) is 2. The minimum Gasteiger partial charge on any atom is -0.393 e. The van der Waals surface area contributed by atoms with Crippen LogP contribution in [0.4, 0.5) is 0 Å². The van der Waals surface area contributed by atoms with Gasteiger partial charge in [0.05, 0.1) is 12.2 Å². The summed E-state index contributed by atoms with van der Waals surface area (Å²) in [4.78, 5) is 0. The molecule has 18 heavy (non-hydrogen) atoms. The predicted octanol–water partition coefficient (Wildman–Crippen LogP) is 4.30. The summed E-state index contributed by atoms with van der Waals surface area (Å²) in [6.45, 7) is 5.55. The highest BCUT2D eigenvalue weighted by atomic mass is 16.5. The van der Waals surface area contributed by atoms with Crippen molar-refractivity contribution in [2.75, 3.05) is 6.61 Å². The lowest BCUT2D eigenvalue weighted by molar-refractivity contribution is -0.00448. The van der Waals surface area contributed by atoms with Crippen molar-refractivity contribution in [1.29, 1.82) is 0 Å². The molecule has 108 valence electrons. The Balaban J connectivity index is 1.84. The summed E-state index contributed by atoms with van der Waals surface area (Å²) in [6.07, 6.45) is 12.3. The molecule has 1 aliphatic carbocycles. The molecule has 0 bridgehead atoms. The van der Waals surface area contributed by atoms with Gasteiger partial charge in [-0.3, -0.25) is 0 Å². The molecule has 0 spiro atoms. The van der Waals surface area contributed by atoms with Gasteiger partial charge in [0.2, 0.25) is 0 Å². The van der Waals surface area contributed by atoms with E-state index in [0.29, 0.717) is 6.10 Å². The summed E-state index contributed by atoms with van der Waals surface area (Å²) in [5.41, 5.74) is 0. The second-order valence-electron chi connectivity index (χ2n) is 6.02. The summed E-state index contributed by atoms with van der Waals surface area (Å²) in [7, 11) is 0. The fraction of sp³-hybridized carbons (Fsp3) is 1.00. The molecule has 2 heteroatoms. The molecule has 0 aromatic rings. The van der Waals surface area contributed by atoms with Crippen molar-refractivity contribution in [2.45, 2.75) is 90.3 Å². The molecule has 0 heterocycles. The normalized spacial score (nSPS) is 26.2. The first-order chi connectivity index (χ1) is 8.72. The van der Waals surface area contributed by atoms with E-state index in [1.54, 1.807) is 0 Å². The minimum atomic E-state index is -0.0644. The van der Waals surface area contributed by atoms with Gasteiger partial charge in [0.1, 0.15) is 0 Å². The molecule has 0 aliphatic heterocycles. The van der Waals surface area contributed by atoms with Gasteiger partial charge in [-0.2, -0.15) is 0 Å². The molecule has 1 unspecified atom stereocenters. The second-order valence-corrected chi connectivity index (χ2v) is 6.02. The third kappa shape index (κ3) is 7.38. The van der Waals surface area contributed by atoms with E-state index >= 15 is 0 Å². The number of aliphatic hydroxyl groups is 1. The van der Waals surface area contributed by atoms with E-state index in [0.717, 1.165) is 38.2 Å². The molecule has 1 saturated carbocycles. The lowest BCUT2D eigenvalue weighted by Crippen LogP contribution is -2.24. The third-order valence-electron chi connectivity index (χ3n) is 4.29. The summed E-state index contributed by atoms with van der Waals surface area (Å²) in [5, 5.41) is 9.41. The van der Waals surface area contributed by atoms with Crippen LogP contribution in [0.25, 0.3) is 0 Å². The Labute approximate surface area is 113 Å². The molecular weight excluding hydrogens is 224 g/mol. The molecule has 0 aromatic carbocycles. The van der Waals surface area contributed by atoms with E-state index in [1.165, 1.54) is 38.5 Å². The van der Waals surface area contributed by atoms with E-state index in [4.69, 9.17) is 4.74 Å². The van der Waals surface area contributed by atoms with Crippen molar-refractivity contribution >= 4 is 0 Å². The Morgan fingerprint density at radius 3 is 2.39 bits per heavy atom. The first-order valence-electron chi connectivity index (χ1n) is 8.02. The SMILES string of the molecule is CCC(C)CCCCCCOC1CCC(O)CC1. The van der Waals surface area contributed by atoms with Crippen LogP contribution >= 0.6 is 0 Å². The second kappa shape index (κ2) is 9.80. The van der Waals surface area contributed by atoms with Crippen LogP contribution in [0.15, 0.2) is 0 Å². The molecule has 1 atom stereocenters. The largest absolute Gasteiger partial charge is 0.393 e. The molecule has 1 N–H and O–H groups in total. The van der Waals surface area contributed by atoms with Crippen LogP contribution in [0.2, 0.25) is 0 Å². The lowest BCUT2D eigenvalue weighted by Gasteiger charge is -2.25. The molecule has 0 radical (unpaired) electrons. The zero-order valence-corrected chi connectivity index (χ0v) is 12.4. The molecule has 1 aliphatic rings. The van der Waals surface area contributed by atoms with Crippen LogP contribution in [0.1, 0.15) is 78.1 Å². The standard InChI is InChI=1S/C16H32O2/c1-3-14(2)8-6-4-5-7-13-18-16-11-9-15(17)10-12-16/h14-17H,3-13H2,1-2H3. The van der Waals surface area contributed by atoms with Crippen molar-refractivity contribution in [2.24, 2.45) is 5.92 Å². The van der Waals surface area contributed by atoms with Crippen LogP contribution < -0.4 is 0 Å². The average Bonchev–Trinajstić information content (AvgIpc) is 2.39. The summed E-state index contributed by atoms with van der Waals surface area (Å²) in [6, 6.07) is 0. The van der Waals surface area contributed by atoms with Gasteiger partial charge in [-0.05, 0) is 38.0 Å². The van der Waals surface area contributed by atoms with E-state index < -0.39 is 0 Å². The fourth-order valence-corrected chi connectivity index (χ4v) is 2.61. The Bertz CT molecular complexity index is 186. The van der Waals surface area contributed by atoms with Crippen molar-refractivity contribution in [3.8, 4) is 0 Å². The topological polar surface area (TPSA) is 29.5 Å². The Kier molecular flexibility index (Phi) is 8.70. The van der Waals surface area contributed by atoms with Gasteiger partial charge in [-0.15, -0.1) is 0 Å². The van der Waals surface area contributed by atoms with Crippen LogP contribution in [-0.2, 0) is 4.74 Å². The third-order valence-corrected chi connectivity index (χ3v) is 4.29. The molecule has 0 saturated heterocycles. The molecule has 0 amide bonds. The smallest absolute Gasteiger partial charge is 0.0577 e. The first-order valence-corrected chi connectivity index (χ1v) is 8.02. The van der Waals surface area contributed by atoms with E-state index in [9.17, 15) is 5.11 Å². The number of aliphatic hydroxyl groups excluding tert-OH is 1. The maximum atomic E-state index is 9.41. The molecular formula is C16H32O2. The van der Waals surface area contributed by atoms with E-state index in [2.05, 4.69) is 13.8 Å². The summed E-state index contributed by atoms with van der Waals surface area (Å²) in [5.74, 6) is 0.898. The zero-order chi connectivity index (χ0) is 13.2. The van der Waals surface area contributed by atoms with Gasteiger partial charge in [0.15, 0.2) is 0 Å². The van der Waals surface area contributed by atoms with Crippen molar-refractivity contribution in [1.82, 2.24) is 0 Å². The van der Waals surface area contributed by atoms with Gasteiger partial charge in [0, 0.05) is 6.61 Å². The Hall–Kier alpha value is -0.0800. The highest BCUT2D eigenvalue weighted by molar-refractivity contribution is 4.71. The van der Waals surface area contributed by atoms with Crippen molar-refractivity contribution in [3.05, 3.63) is 0 Å². The van der Waals surface area contributed by atoms with Crippen LogP contribution in [0.5, 0.6) is 0 Å². The number of hydrogen-bond donors (Lipinski definition) is 1. The van der Waals surface area contributed by atoms with Crippen LogP contribution in [0.3, 0.4) is 0 Å². The number of rotatable bonds is 9. The lowest BCUT2D eigenvalue weighted by atomic mass is 9.95. The molecule has 1 fully saturated rings. The van der Waals surface area contributed by atoms with Gasteiger partial charge >= 0.3 is 0 Å². The monoisotopic (exact) mass is 256 g/mol. The summed E-state index contributed by atoms with van der Waals surface area (Å²) < 4.78 is 5.87. The molecule has 0 aromatic heterocycles. The zero-order valence-electron chi connectivity index (χ0n) is 12.4. The van der Waals surface area contributed by atoms with Crippen LogP contribution in [-0.4, -0.2) is 23.9 Å². The van der Waals surface area contributed by atoms with Gasteiger partial charge < -0.3 is 9.84 Å². The van der Waals surface area contributed by atoms with E-state index in [-0.39, 0.29) is 6.10 Å². The first kappa shape index (κ1) is 16.0. The fourth-order valence-electron chi connectivity index (χ4n) is 2.61. The molecule has 1 rings (SSSR count).